The van der Waals surface area contributed by atoms with Gasteiger partial charge in [0.1, 0.15) is 18.0 Å². The molecule has 10 heteroatoms. The molecule has 3 aliphatic rings. The zero-order valence-corrected chi connectivity index (χ0v) is 21.8. The normalized spacial score (nSPS) is 23.3. The summed E-state index contributed by atoms with van der Waals surface area (Å²) in [5, 5.41) is 21.9. The van der Waals surface area contributed by atoms with Crippen LogP contribution in [-0.4, -0.2) is 72.0 Å². The van der Waals surface area contributed by atoms with Crippen molar-refractivity contribution in [2.45, 2.75) is 56.6 Å². The molecule has 0 aromatic heterocycles. The molecule has 0 saturated carbocycles. The highest BCUT2D eigenvalue weighted by molar-refractivity contribution is 5.96. The average molecular weight is 541 g/mol. The molecule has 2 aromatic rings. The van der Waals surface area contributed by atoms with Crippen LogP contribution in [-0.2, 0) is 27.5 Å². The average Bonchev–Trinajstić information content (AvgIpc) is 3.62. The Morgan fingerprint density at radius 1 is 1.18 bits per heavy atom. The van der Waals surface area contributed by atoms with E-state index < -0.39 is 24.2 Å². The first-order chi connectivity index (χ1) is 18.9. The highest BCUT2D eigenvalue weighted by atomic mass is 19.1. The summed E-state index contributed by atoms with van der Waals surface area (Å²) in [6.45, 7) is 0.349. The number of aliphatic hydroxyl groups excluding tert-OH is 2. The van der Waals surface area contributed by atoms with E-state index in [2.05, 4.69) is 5.32 Å². The molecule has 208 valence electrons. The van der Waals surface area contributed by atoms with Crippen molar-refractivity contribution < 1.29 is 38.4 Å². The fourth-order valence-corrected chi connectivity index (χ4v) is 5.68. The highest BCUT2D eigenvalue weighted by Gasteiger charge is 2.47. The molecule has 2 amide bonds. The summed E-state index contributed by atoms with van der Waals surface area (Å²) in [6, 6.07) is 8.98. The molecule has 1 fully saturated rings. The molecule has 2 aliphatic heterocycles. The van der Waals surface area contributed by atoms with Gasteiger partial charge >= 0.3 is 0 Å². The lowest BCUT2D eigenvalue weighted by Crippen LogP contribution is -2.49. The number of hydrogen-bond acceptors (Lipinski definition) is 7. The number of amides is 2. The van der Waals surface area contributed by atoms with E-state index in [0.717, 1.165) is 17.5 Å². The van der Waals surface area contributed by atoms with E-state index in [1.165, 1.54) is 19.2 Å². The number of benzene rings is 2. The van der Waals surface area contributed by atoms with E-state index in [4.69, 9.17) is 14.2 Å². The number of nitrogens with zero attached hydrogens (tertiary/aromatic N) is 1. The standard InChI is InChI=1S/C29H33FN2O7/c1-37-25-12-18(16-34)11-21-26-22(28(35)31-8-9-33)13-20(14-24(26)39-27(21)25)32(29(36)23-3-2-10-38-23)15-17-4-6-19(30)7-5-17/h4-7,11-13,20,23-24,26,33-34H,2-3,8-10,14-16H2,1H3,(H,31,35). The highest BCUT2D eigenvalue weighted by Crippen LogP contribution is 2.51. The lowest BCUT2D eigenvalue weighted by molar-refractivity contribution is -0.144. The second-order valence-electron chi connectivity index (χ2n) is 10.0. The predicted molar refractivity (Wildman–Crippen MR) is 139 cm³/mol. The van der Waals surface area contributed by atoms with Crippen LogP contribution in [0.3, 0.4) is 0 Å². The van der Waals surface area contributed by atoms with Gasteiger partial charge in [0, 0.05) is 37.3 Å². The summed E-state index contributed by atoms with van der Waals surface area (Å²) in [4.78, 5) is 28.8. The number of carbonyl (C=O) groups is 2. The first kappa shape index (κ1) is 27.1. The second kappa shape index (κ2) is 11.7. The number of carbonyl (C=O) groups excluding carboxylic acids is 2. The Morgan fingerprint density at radius 2 is 1.97 bits per heavy atom. The van der Waals surface area contributed by atoms with E-state index >= 15 is 0 Å². The molecule has 5 rings (SSSR count). The second-order valence-corrected chi connectivity index (χ2v) is 10.0. The quantitative estimate of drug-likeness (QED) is 0.446. The third-order valence-electron chi connectivity index (χ3n) is 7.52. The number of aliphatic hydroxyl groups is 2. The molecule has 2 heterocycles. The molecular weight excluding hydrogens is 507 g/mol. The van der Waals surface area contributed by atoms with Crippen molar-refractivity contribution in [1.29, 1.82) is 0 Å². The van der Waals surface area contributed by atoms with Gasteiger partial charge in [0.05, 0.1) is 32.3 Å². The Bertz CT molecular complexity index is 1240. The zero-order chi connectivity index (χ0) is 27.5. The Morgan fingerprint density at radius 3 is 2.64 bits per heavy atom. The lowest BCUT2D eigenvalue weighted by Gasteiger charge is -2.38. The molecule has 0 bridgehead atoms. The Kier molecular flexibility index (Phi) is 8.15. The molecule has 2 aromatic carbocycles. The van der Waals surface area contributed by atoms with Crippen LogP contribution in [0, 0.1) is 5.82 Å². The van der Waals surface area contributed by atoms with Crippen LogP contribution in [0.15, 0.2) is 48.0 Å². The van der Waals surface area contributed by atoms with Gasteiger partial charge in [-0.25, -0.2) is 4.39 Å². The van der Waals surface area contributed by atoms with Crippen LogP contribution in [0.25, 0.3) is 0 Å². The van der Waals surface area contributed by atoms with Gasteiger partial charge in [-0.1, -0.05) is 18.2 Å². The van der Waals surface area contributed by atoms with Crippen LogP contribution in [0.2, 0.25) is 0 Å². The Hall–Kier alpha value is -3.47. The van der Waals surface area contributed by atoms with Crippen LogP contribution in [0.1, 0.15) is 41.9 Å². The maximum atomic E-state index is 13.7. The number of nitrogens with one attached hydrogen (secondary N) is 1. The topological polar surface area (TPSA) is 118 Å². The number of ether oxygens (including phenoxy) is 3. The number of hydrogen-bond donors (Lipinski definition) is 3. The summed E-state index contributed by atoms with van der Waals surface area (Å²) in [5.41, 5.74) is 2.50. The summed E-state index contributed by atoms with van der Waals surface area (Å²) in [7, 11) is 1.51. The largest absolute Gasteiger partial charge is 0.493 e. The molecular formula is C29H33FN2O7. The fourth-order valence-electron chi connectivity index (χ4n) is 5.68. The molecule has 1 saturated heterocycles. The monoisotopic (exact) mass is 540 g/mol. The van der Waals surface area contributed by atoms with E-state index in [1.54, 1.807) is 29.2 Å². The van der Waals surface area contributed by atoms with Crippen molar-refractivity contribution in [2.24, 2.45) is 0 Å². The van der Waals surface area contributed by atoms with Crippen molar-refractivity contribution >= 4 is 11.8 Å². The minimum absolute atomic E-state index is 0.0695. The Labute approximate surface area is 226 Å². The number of fused-ring (bicyclic) bond motifs is 3. The van der Waals surface area contributed by atoms with E-state index in [9.17, 15) is 24.2 Å². The maximum Gasteiger partial charge on any atom is 0.252 e. The Balaban J connectivity index is 1.55. The third kappa shape index (κ3) is 5.50. The molecule has 4 unspecified atom stereocenters. The van der Waals surface area contributed by atoms with E-state index in [-0.39, 0.29) is 43.9 Å². The molecule has 0 spiro atoms. The number of halogens is 1. The first-order valence-corrected chi connectivity index (χ1v) is 13.2. The lowest BCUT2D eigenvalue weighted by atomic mass is 9.78. The number of rotatable bonds is 9. The predicted octanol–water partition coefficient (Wildman–Crippen LogP) is 2.19. The van der Waals surface area contributed by atoms with Gasteiger partial charge in [-0.05, 0) is 48.2 Å². The van der Waals surface area contributed by atoms with Gasteiger partial charge in [-0.15, -0.1) is 0 Å². The van der Waals surface area contributed by atoms with Gasteiger partial charge < -0.3 is 34.6 Å². The van der Waals surface area contributed by atoms with Crippen molar-refractivity contribution in [3.63, 3.8) is 0 Å². The zero-order valence-electron chi connectivity index (χ0n) is 21.8. The SMILES string of the molecule is COc1cc(CO)cc2c1OC1CC(N(Cc3ccc(F)cc3)C(=O)C3CCCO3)C=C(C(=O)NCCO)C21. The molecule has 4 atom stereocenters. The van der Waals surface area contributed by atoms with Crippen molar-refractivity contribution in [1.82, 2.24) is 10.2 Å². The first-order valence-electron chi connectivity index (χ1n) is 13.2. The maximum absolute atomic E-state index is 13.7. The van der Waals surface area contributed by atoms with Crippen molar-refractivity contribution in [3.8, 4) is 11.5 Å². The van der Waals surface area contributed by atoms with E-state index in [1.807, 2.05) is 6.07 Å². The van der Waals surface area contributed by atoms with E-state index in [0.29, 0.717) is 42.1 Å². The summed E-state index contributed by atoms with van der Waals surface area (Å²) < 4.78 is 31.2. The van der Waals surface area contributed by atoms with Gasteiger partial charge in [0.15, 0.2) is 11.5 Å². The van der Waals surface area contributed by atoms with Crippen LogP contribution in [0.5, 0.6) is 11.5 Å². The van der Waals surface area contributed by atoms with Crippen LogP contribution < -0.4 is 14.8 Å². The summed E-state index contributed by atoms with van der Waals surface area (Å²) in [5.74, 6) is -0.437. The molecule has 0 radical (unpaired) electrons. The van der Waals surface area contributed by atoms with Crippen LogP contribution in [0.4, 0.5) is 4.39 Å². The van der Waals surface area contributed by atoms with Gasteiger partial charge in [-0.2, -0.15) is 0 Å². The summed E-state index contributed by atoms with van der Waals surface area (Å²) >= 11 is 0. The fraction of sp³-hybridized carbons (Fsp3) is 0.448. The minimum atomic E-state index is -0.586. The van der Waals surface area contributed by atoms with Gasteiger partial charge in [-0.3, -0.25) is 9.59 Å². The van der Waals surface area contributed by atoms with Crippen molar-refractivity contribution in [2.75, 3.05) is 26.9 Å². The molecule has 1 aliphatic carbocycles. The molecule has 3 N–H and O–H groups in total. The van der Waals surface area contributed by atoms with Gasteiger partial charge in [0.25, 0.3) is 5.91 Å². The molecule has 9 nitrogen and oxygen atoms in total. The molecule has 39 heavy (non-hydrogen) atoms. The van der Waals surface area contributed by atoms with Crippen molar-refractivity contribution in [3.05, 3.63) is 70.6 Å². The summed E-state index contributed by atoms with van der Waals surface area (Å²) in [6.07, 6.45) is 2.51. The smallest absolute Gasteiger partial charge is 0.252 e. The van der Waals surface area contributed by atoms with Crippen LogP contribution >= 0.6 is 0 Å². The number of methoxy groups -OCH3 is 1. The van der Waals surface area contributed by atoms with Gasteiger partial charge in [0.2, 0.25) is 5.91 Å². The third-order valence-corrected chi connectivity index (χ3v) is 7.52. The minimum Gasteiger partial charge on any atom is -0.493 e.